The molecule has 0 radical (unpaired) electrons. The maximum atomic E-state index is 3.41. The van der Waals surface area contributed by atoms with Crippen molar-refractivity contribution in [3.05, 3.63) is 33.4 Å². The molecule has 0 saturated carbocycles. The molecule has 1 N–H and O–H groups in total. The summed E-state index contributed by atoms with van der Waals surface area (Å²) in [6.07, 6.45) is 5.18. The van der Waals surface area contributed by atoms with Crippen molar-refractivity contribution in [3.63, 3.8) is 0 Å². The Labute approximate surface area is 107 Å². The molecule has 1 aromatic rings. The monoisotopic (exact) mass is 317 g/mol. The minimum atomic E-state index is 0.518. The third-order valence-corrected chi connectivity index (χ3v) is 3.71. The first-order valence-corrected chi connectivity index (χ1v) is 6.79. The van der Waals surface area contributed by atoms with Crippen LogP contribution in [-0.4, -0.2) is 7.05 Å². The summed E-state index contributed by atoms with van der Waals surface area (Å²) in [7, 11) is 2.06. The van der Waals surface area contributed by atoms with Crippen molar-refractivity contribution in [3.8, 4) is 0 Å². The smallest absolute Gasteiger partial charge is 0.0328 e. The highest BCUT2D eigenvalue weighted by Crippen LogP contribution is 2.23. The van der Waals surface area contributed by atoms with E-state index in [1.54, 1.807) is 0 Å². The molecule has 0 saturated heterocycles. The van der Waals surface area contributed by atoms with Gasteiger partial charge in [0.05, 0.1) is 0 Å². The van der Waals surface area contributed by atoms with Gasteiger partial charge in [-0.25, -0.2) is 0 Å². The van der Waals surface area contributed by atoms with E-state index in [-0.39, 0.29) is 0 Å². The Morgan fingerprint density at radius 2 is 2.00 bits per heavy atom. The van der Waals surface area contributed by atoms with Crippen molar-refractivity contribution in [2.75, 3.05) is 7.05 Å². The van der Waals surface area contributed by atoms with E-state index < -0.39 is 0 Å². The fraction of sp³-hybridized carbons (Fsp3) is 0.538. The van der Waals surface area contributed by atoms with Crippen LogP contribution in [0, 0.1) is 3.57 Å². The molecule has 0 aliphatic carbocycles. The zero-order chi connectivity index (χ0) is 11.1. The Hall–Kier alpha value is -0.0900. The van der Waals surface area contributed by atoms with Gasteiger partial charge in [-0.05, 0) is 47.7 Å². The second-order valence-corrected chi connectivity index (χ2v) is 5.02. The molecule has 1 aromatic carbocycles. The molecule has 0 aliphatic rings. The molecule has 2 heteroatoms. The fourth-order valence-electron chi connectivity index (χ4n) is 1.81. The maximum absolute atomic E-state index is 3.41. The van der Waals surface area contributed by atoms with Gasteiger partial charge in [-0.2, -0.15) is 0 Å². The van der Waals surface area contributed by atoms with Gasteiger partial charge in [0, 0.05) is 9.61 Å². The van der Waals surface area contributed by atoms with E-state index in [4.69, 9.17) is 0 Å². The minimum Gasteiger partial charge on any atom is -0.313 e. The maximum Gasteiger partial charge on any atom is 0.0328 e. The lowest BCUT2D eigenvalue weighted by molar-refractivity contribution is 0.510. The van der Waals surface area contributed by atoms with Crippen LogP contribution in [0.1, 0.15) is 44.2 Å². The Bertz CT molecular complexity index is 286. The number of nitrogens with one attached hydrogen (secondary N) is 1. The Balaban J connectivity index is 2.61. The molecule has 0 aliphatic heterocycles. The van der Waals surface area contributed by atoms with Crippen LogP contribution in [0.25, 0.3) is 0 Å². The molecule has 0 spiro atoms. The van der Waals surface area contributed by atoms with Gasteiger partial charge in [-0.1, -0.05) is 44.4 Å². The van der Waals surface area contributed by atoms with Gasteiger partial charge in [0.15, 0.2) is 0 Å². The summed E-state index contributed by atoms with van der Waals surface area (Å²) in [5, 5.41) is 3.41. The second kappa shape index (κ2) is 7.23. The summed E-state index contributed by atoms with van der Waals surface area (Å²) in [5.74, 6) is 0. The lowest BCUT2D eigenvalue weighted by Gasteiger charge is -2.17. The van der Waals surface area contributed by atoms with E-state index >= 15 is 0 Å². The highest BCUT2D eigenvalue weighted by molar-refractivity contribution is 14.1. The zero-order valence-corrected chi connectivity index (χ0v) is 11.8. The number of hydrogen-bond acceptors (Lipinski definition) is 1. The van der Waals surface area contributed by atoms with Gasteiger partial charge in [-0.15, -0.1) is 0 Å². The van der Waals surface area contributed by atoms with Gasteiger partial charge in [0.25, 0.3) is 0 Å². The summed E-state index contributed by atoms with van der Waals surface area (Å²) in [5.41, 5.74) is 1.44. The molecular weight excluding hydrogens is 297 g/mol. The van der Waals surface area contributed by atoms with Crippen molar-refractivity contribution in [2.24, 2.45) is 0 Å². The average molecular weight is 317 g/mol. The molecule has 1 unspecified atom stereocenters. The summed E-state index contributed by atoms with van der Waals surface area (Å²) in [6, 6.07) is 9.16. The van der Waals surface area contributed by atoms with Crippen molar-refractivity contribution < 1.29 is 0 Å². The third-order valence-electron chi connectivity index (χ3n) is 2.73. The molecule has 0 bridgehead atoms. The lowest BCUT2D eigenvalue weighted by atomic mass is 10.0. The van der Waals surface area contributed by atoms with E-state index in [1.165, 1.54) is 34.8 Å². The number of hydrogen-bond donors (Lipinski definition) is 1. The first kappa shape index (κ1) is 13.0. The molecule has 15 heavy (non-hydrogen) atoms. The van der Waals surface area contributed by atoms with Crippen molar-refractivity contribution in [2.45, 2.75) is 38.6 Å². The van der Waals surface area contributed by atoms with Crippen LogP contribution >= 0.6 is 22.6 Å². The quantitative estimate of drug-likeness (QED) is 0.614. The van der Waals surface area contributed by atoms with E-state index in [2.05, 4.69) is 66.1 Å². The Morgan fingerprint density at radius 3 is 2.60 bits per heavy atom. The topological polar surface area (TPSA) is 12.0 Å². The van der Waals surface area contributed by atoms with Crippen LogP contribution in [0.3, 0.4) is 0 Å². The SMILES string of the molecule is CCCCCC(NC)c1ccccc1I. The average Bonchev–Trinajstić information content (AvgIpc) is 2.26. The van der Waals surface area contributed by atoms with Crippen LogP contribution in [0.2, 0.25) is 0 Å². The molecular formula is C13H20IN. The molecule has 0 fully saturated rings. The van der Waals surface area contributed by atoms with Crippen LogP contribution in [0.5, 0.6) is 0 Å². The molecule has 0 heterocycles. The van der Waals surface area contributed by atoms with Gasteiger partial charge < -0.3 is 5.32 Å². The van der Waals surface area contributed by atoms with Crippen LogP contribution < -0.4 is 5.32 Å². The standard InChI is InChI=1S/C13H20IN/c1-3-4-5-10-13(15-2)11-8-6-7-9-12(11)14/h6-9,13,15H,3-5,10H2,1-2H3. The van der Waals surface area contributed by atoms with Crippen molar-refractivity contribution in [1.82, 2.24) is 5.32 Å². The molecule has 84 valence electrons. The Kier molecular flexibility index (Phi) is 6.25. The summed E-state index contributed by atoms with van der Waals surface area (Å²) < 4.78 is 1.37. The lowest BCUT2D eigenvalue weighted by Crippen LogP contribution is -2.17. The van der Waals surface area contributed by atoms with Gasteiger partial charge in [0.1, 0.15) is 0 Å². The number of benzene rings is 1. The van der Waals surface area contributed by atoms with Crippen molar-refractivity contribution in [1.29, 1.82) is 0 Å². The summed E-state index contributed by atoms with van der Waals surface area (Å²) >= 11 is 2.42. The summed E-state index contributed by atoms with van der Waals surface area (Å²) in [4.78, 5) is 0. The Morgan fingerprint density at radius 1 is 1.27 bits per heavy atom. The molecule has 0 amide bonds. The third kappa shape index (κ3) is 4.11. The van der Waals surface area contributed by atoms with Crippen LogP contribution in [0.15, 0.2) is 24.3 Å². The highest BCUT2D eigenvalue weighted by atomic mass is 127. The van der Waals surface area contributed by atoms with E-state index in [1.807, 2.05) is 0 Å². The predicted octanol–water partition coefficient (Wildman–Crippen LogP) is 4.13. The van der Waals surface area contributed by atoms with E-state index in [9.17, 15) is 0 Å². The van der Waals surface area contributed by atoms with E-state index in [0.29, 0.717) is 6.04 Å². The number of unbranched alkanes of at least 4 members (excludes halogenated alkanes) is 2. The molecule has 1 rings (SSSR count). The van der Waals surface area contributed by atoms with Gasteiger partial charge in [-0.3, -0.25) is 0 Å². The zero-order valence-electron chi connectivity index (χ0n) is 9.59. The van der Waals surface area contributed by atoms with E-state index in [0.717, 1.165) is 0 Å². The molecule has 1 atom stereocenters. The highest BCUT2D eigenvalue weighted by Gasteiger charge is 2.10. The predicted molar refractivity (Wildman–Crippen MR) is 75.1 cm³/mol. The largest absolute Gasteiger partial charge is 0.313 e. The normalized spacial score (nSPS) is 12.7. The first-order chi connectivity index (χ1) is 7.29. The fourth-order valence-corrected chi connectivity index (χ4v) is 2.57. The first-order valence-electron chi connectivity index (χ1n) is 5.71. The van der Waals surface area contributed by atoms with Crippen molar-refractivity contribution >= 4 is 22.6 Å². The number of halogens is 1. The summed E-state index contributed by atoms with van der Waals surface area (Å²) in [6.45, 7) is 2.25. The molecule has 0 aromatic heterocycles. The van der Waals surface area contributed by atoms with Gasteiger partial charge in [0.2, 0.25) is 0 Å². The van der Waals surface area contributed by atoms with Crippen LogP contribution in [-0.2, 0) is 0 Å². The second-order valence-electron chi connectivity index (χ2n) is 3.86. The van der Waals surface area contributed by atoms with Crippen LogP contribution in [0.4, 0.5) is 0 Å². The minimum absolute atomic E-state index is 0.518. The van der Waals surface area contributed by atoms with Gasteiger partial charge >= 0.3 is 0 Å². The molecule has 1 nitrogen and oxygen atoms in total. The number of rotatable bonds is 6.